The molecule has 6 nitrogen and oxygen atoms in total. The zero-order valence-corrected chi connectivity index (χ0v) is 15.4. The van der Waals surface area contributed by atoms with Crippen LogP contribution < -0.4 is 16.2 Å². The Balaban J connectivity index is 1.74. The van der Waals surface area contributed by atoms with Crippen molar-refractivity contribution in [1.29, 1.82) is 0 Å². The highest BCUT2D eigenvalue weighted by Gasteiger charge is 2.10. The van der Waals surface area contributed by atoms with Gasteiger partial charge < -0.3 is 5.32 Å². The van der Waals surface area contributed by atoms with E-state index in [1.165, 1.54) is 0 Å². The Bertz CT molecular complexity index is 798. The van der Waals surface area contributed by atoms with Crippen molar-refractivity contribution in [2.45, 2.75) is 12.8 Å². The monoisotopic (exact) mass is 423 g/mol. The standard InChI is InChI=1S/C17H15BrClN3O3/c18-12-5-3-4-11(10-12)17(25)22-21-16(24)9-8-15(23)20-14-7-2-1-6-13(14)19/h1-7,10H,8-9H2,(H,20,23)(H,21,24)(H,22,25). The van der Waals surface area contributed by atoms with Gasteiger partial charge in [0.15, 0.2) is 0 Å². The van der Waals surface area contributed by atoms with E-state index in [1.807, 2.05) is 0 Å². The average Bonchev–Trinajstić information content (AvgIpc) is 2.60. The van der Waals surface area contributed by atoms with E-state index < -0.39 is 11.8 Å². The van der Waals surface area contributed by atoms with Crippen molar-refractivity contribution in [3.63, 3.8) is 0 Å². The number of carbonyl (C=O) groups is 3. The number of hydrogen-bond acceptors (Lipinski definition) is 3. The van der Waals surface area contributed by atoms with Crippen molar-refractivity contribution in [3.05, 3.63) is 63.6 Å². The SMILES string of the molecule is O=C(CCC(=O)Nc1ccccc1Cl)NNC(=O)c1cccc(Br)c1. The predicted octanol–water partition coefficient (Wildman–Crippen LogP) is 3.28. The maximum absolute atomic E-state index is 11.9. The first kappa shape index (κ1) is 19.0. The minimum absolute atomic E-state index is 0.0379. The molecule has 0 aliphatic rings. The summed E-state index contributed by atoms with van der Waals surface area (Å²) in [5, 5.41) is 3.04. The Morgan fingerprint density at radius 3 is 2.36 bits per heavy atom. The number of benzene rings is 2. The molecule has 2 rings (SSSR count). The third kappa shape index (κ3) is 6.21. The van der Waals surface area contributed by atoms with Gasteiger partial charge in [0.05, 0.1) is 10.7 Å². The van der Waals surface area contributed by atoms with Crippen molar-refractivity contribution in [2.75, 3.05) is 5.32 Å². The van der Waals surface area contributed by atoms with Crippen molar-refractivity contribution >= 4 is 50.9 Å². The van der Waals surface area contributed by atoms with Crippen LogP contribution in [-0.2, 0) is 9.59 Å². The van der Waals surface area contributed by atoms with Crippen molar-refractivity contribution < 1.29 is 14.4 Å². The first-order chi connectivity index (χ1) is 12.0. The van der Waals surface area contributed by atoms with Crippen LogP contribution in [0.15, 0.2) is 53.0 Å². The topological polar surface area (TPSA) is 87.3 Å². The second kappa shape index (κ2) is 9.19. The Morgan fingerprint density at radius 2 is 1.64 bits per heavy atom. The van der Waals surface area contributed by atoms with Gasteiger partial charge in [-0.3, -0.25) is 25.2 Å². The molecule has 0 atom stereocenters. The molecule has 0 bridgehead atoms. The predicted molar refractivity (Wildman–Crippen MR) is 99.1 cm³/mol. The van der Waals surface area contributed by atoms with Crippen LogP contribution in [0.3, 0.4) is 0 Å². The Morgan fingerprint density at radius 1 is 0.920 bits per heavy atom. The number of carbonyl (C=O) groups excluding carboxylic acids is 3. The molecule has 25 heavy (non-hydrogen) atoms. The molecule has 0 aliphatic heterocycles. The van der Waals surface area contributed by atoms with Crippen LogP contribution in [0.25, 0.3) is 0 Å². The van der Waals surface area contributed by atoms with E-state index >= 15 is 0 Å². The number of hydrogen-bond donors (Lipinski definition) is 3. The second-order valence-electron chi connectivity index (χ2n) is 5.04. The highest BCUT2D eigenvalue weighted by Crippen LogP contribution is 2.20. The number of amides is 3. The van der Waals surface area contributed by atoms with Gasteiger partial charge in [-0.15, -0.1) is 0 Å². The smallest absolute Gasteiger partial charge is 0.269 e. The third-order valence-electron chi connectivity index (χ3n) is 3.13. The average molecular weight is 425 g/mol. The normalized spacial score (nSPS) is 10.0. The Kier molecular flexibility index (Phi) is 6.97. The molecule has 0 spiro atoms. The fraction of sp³-hybridized carbons (Fsp3) is 0.118. The number of anilines is 1. The number of hydrazine groups is 1. The van der Waals surface area contributed by atoms with Crippen molar-refractivity contribution in [3.8, 4) is 0 Å². The van der Waals surface area contributed by atoms with Crippen LogP contribution in [0.5, 0.6) is 0 Å². The molecular weight excluding hydrogens is 410 g/mol. The summed E-state index contributed by atoms with van der Waals surface area (Å²) in [6.07, 6.45) is -0.112. The number of rotatable bonds is 5. The molecule has 0 radical (unpaired) electrons. The van der Waals surface area contributed by atoms with Crippen molar-refractivity contribution in [1.82, 2.24) is 10.9 Å². The minimum atomic E-state index is -0.474. The summed E-state index contributed by atoms with van der Waals surface area (Å²) in [5.41, 5.74) is 5.45. The summed E-state index contributed by atoms with van der Waals surface area (Å²) >= 11 is 9.20. The second-order valence-corrected chi connectivity index (χ2v) is 6.36. The van der Waals surface area contributed by atoms with Gasteiger partial charge in [-0.1, -0.05) is 45.7 Å². The summed E-state index contributed by atoms with van der Waals surface area (Å²) in [6.45, 7) is 0. The van der Waals surface area contributed by atoms with Gasteiger partial charge in [0.2, 0.25) is 11.8 Å². The van der Waals surface area contributed by atoms with Crippen LogP contribution in [0.4, 0.5) is 5.69 Å². The van der Waals surface area contributed by atoms with E-state index in [1.54, 1.807) is 48.5 Å². The van der Waals surface area contributed by atoms with E-state index in [9.17, 15) is 14.4 Å². The largest absolute Gasteiger partial charge is 0.325 e. The van der Waals surface area contributed by atoms with Crippen molar-refractivity contribution in [2.24, 2.45) is 0 Å². The molecule has 0 aliphatic carbocycles. The number of nitrogens with one attached hydrogen (secondary N) is 3. The number of para-hydroxylation sites is 1. The van der Waals surface area contributed by atoms with Crippen LogP contribution >= 0.6 is 27.5 Å². The molecule has 2 aromatic rings. The van der Waals surface area contributed by atoms with Crippen LogP contribution in [0.2, 0.25) is 5.02 Å². The summed E-state index contributed by atoms with van der Waals surface area (Å²) in [4.78, 5) is 35.4. The lowest BCUT2D eigenvalue weighted by Crippen LogP contribution is -2.41. The quantitative estimate of drug-likeness (QED) is 0.644. The summed E-state index contributed by atoms with van der Waals surface area (Å²) in [7, 11) is 0. The van der Waals surface area contributed by atoms with Gasteiger partial charge in [-0.2, -0.15) is 0 Å². The summed E-state index contributed by atoms with van der Waals surface area (Å²) in [6, 6.07) is 13.5. The molecule has 0 heterocycles. The lowest BCUT2D eigenvalue weighted by Gasteiger charge is -2.09. The molecular formula is C17H15BrClN3O3. The molecule has 3 N–H and O–H groups in total. The maximum Gasteiger partial charge on any atom is 0.269 e. The molecule has 0 saturated carbocycles. The Hall–Kier alpha value is -2.38. The van der Waals surface area contributed by atoms with E-state index in [2.05, 4.69) is 32.1 Å². The van der Waals surface area contributed by atoms with Gasteiger partial charge in [0.1, 0.15) is 0 Å². The van der Waals surface area contributed by atoms with E-state index in [4.69, 9.17) is 11.6 Å². The van der Waals surface area contributed by atoms with E-state index in [0.29, 0.717) is 16.3 Å². The molecule has 8 heteroatoms. The third-order valence-corrected chi connectivity index (χ3v) is 3.95. The first-order valence-corrected chi connectivity index (χ1v) is 8.52. The van der Waals surface area contributed by atoms with Crippen LogP contribution in [0.1, 0.15) is 23.2 Å². The first-order valence-electron chi connectivity index (χ1n) is 7.35. The molecule has 130 valence electrons. The summed E-state index contributed by atoms with van der Waals surface area (Å²) < 4.78 is 0.753. The van der Waals surface area contributed by atoms with Gasteiger partial charge >= 0.3 is 0 Å². The van der Waals surface area contributed by atoms with E-state index in [0.717, 1.165) is 4.47 Å². The lowest BCUT2D eigenvalue weighted by atomic mass is 10.2. The van der Waals surface area contributed by atoms with Gasteiger partial charge in [-0.05, 0) is 30.3 Å². The highest BCUT2D eigenvalue weighted by molar-refractivity contribution is 9.10. The van der Waals surface area contributed by atoms with Crippen LogP contribution in [-0.4, -0.2) is 17.7 Å². The molecule has 3 amide bonds. The van der Waals surface area contributed by atoms with Gasteiger partial charge in [0.25, 0.3) is 5.91 Å². The van der Waals surface area contributed by atoms with Gasteiger partial charge in [-0.25, -0.2) is 0 Å². The Labute approximate surface area is 158 Å². The molecule has 0 unspecified atom stereocenters. The highest BCUT2D eigenvalue weighted by atomic mass is 79.9. The van der Waals surface area contributed by atoms with E-state index in [-0.39, 0.29) is 18.7 Å². The minimum Gasteiger partial charge on any atom is -0.325 e. The van der Waals surface area contributed by atoms with Gasteiger partial charge in [0, 0.05) is 22.9 Å². The fourth-order valence-electron chi connectivity index (χ4n) is 1.89. The fourth-order valence-corrected chi connectivity index (χ4v) is 2.48. The molecule has 0 fully saturated rings. The zero-order valence-electron chi connectivity index (χ0n) is 13.0. The molecule has 0 saturated heterocycles. The summed E-state index contributed by atoms with van der Waals surface area (Å²) in [5.74, 6) is -1.27. The molecule has 2 aromatic carbocycles. The zero-order chi connectivity index (χ0) is 18.2. The van der Waals surface area contributed by atoms with Crippen LogP contribution in [0, 0.1) is 0 Å². The molecule has 0 aromatic heterocycles. The maximum atomic E-state index is 11.9. The lowest BCUT2D eigenvalue weighted by molar-refractivity contribution is -0.124. The number of halogens is 2.